The Labute approximate surface area is 102 Å². The molecule has 0 spiro atoms. The smallest absolute Gasteiger partial charge is 0.212 e. The third kappa shape index (κ3) is 2.59. The summed E-state index contributed by atoms with van der Waals surface area (Å²) in [7, 11) is 1.66. The van der Waals surface area contributed by atoms with Crippen LogP contribution in [0.5, 0.6) is 5.75 Å². The van der Waals surface area contributed by atoms with E-state index in [0.717, 1.165) is 0 Å². The van der Waals surface area contributed by atoms with E-state index >= 15 is 0 Å². The van der Waals surface area contributed by atoms with E-state index in [9.17, 15) is 4.79 Å². The first-order valence-corrected chi connectivity index (χ1v) is 5.18. The first-order valence-electron chi connectivity index (χ1n) is 4.80. The highest BCUT2D eigenvalue weighted by Gasteiger charge is 2.08. The number of benzene rings is 1. The van der Waals surface area contributed by atoms with Gasteiger partial charge in [-0.1, -0.05) is 17.7 Å². The molecule has 1 heterocycles. The molecule has 2 aromatic rings. The van der Waals surface area contributed by atoms with E-state index < -0.39 is 0 Å². The molecule has 0 saturated heterocycles. The van der Waals surface area contributed by atoms with Crippen LogP contribution in [0.4, 0.5) is 0 Å². The fourth-order valence-corrected chi connectivity index (χ4v) is 1.49. The molecule has 0 unspecified atom stereocenters. The normalized spacial score (nSPS) is 10.2. The summed E-state index contributed by atoms with van der Waals surface area (Å²) in [4.78, 5) is 12.2. The Morgan fingerprint density at radius 2 is 2.35 bits per heavy atom. The molecular weight excluding hydrogens is 244 g/mol. The number of carbonyl (C=O) groups is 1. The minimum absolute atomic E-state index is 0.134. The Kier molecular flexibility index (Phi) is 3.34. The van der Waals surface area contributed by atoms with Gasteiger partial charge in [0.2, 0.25) is 5.82 Å². The van der Waals surface area contributed by atoms with E-state index in [4.69, 9.17) is 16.3 Å². The van der Waals surface area contributed by atoms with Crippen LogP contribution in [0, 0.1) is 0 Å². The second kappa shape index (κ2) is 4.92. The maximum Gasteiger partial charge on any atom is 0.212 e. The standard InChI is InChI=1S/C10H9ClN4O2/c1-15-13-10(12-14-15)6-17-9-4-2-3-8(11)7(9)5-16/h2-5H,6H2,1H3. The van der Waals surface area contributed by atoms with Gasteiger partial charge in [-0.2, -0.15) is 4.80 Å². The predicted molar refractivity (Wildman–Crippen MR) is 60.0 cm³/mol. The largest absolute Gasteiger partial charge is 0.485 e. The summed E-state index contributed by atoms with van der Waals surface area (Å²) in [6.45, 7) is 0.134. The summed E-state index contributed by atoms with van der Waals surface area (Å²) < 4.78 is 5.41. The number of halogens is 1. The summed E-state index contributed by atoms with van der Waals surface area (Å²) in [6.07, 6.45) is 0.655. The molecule has 88 valence electrons. The monoisotopic (exact) mass is 252 g/mol. The van der Waals surface area contributed by atoms with E-state index in [-0.39, 0.29) is 6.61 Å². The van der Waals surface area contributed by atoms with Crippen LogP contribution in [0.2, 0.25) is 5.02 Å². The van der Waals surface area contributed by atoms with E-state index in [2.05, 4.69) is 15.4 Å². The number of hydrogen-bond donors (Lipinski definition) is 0. The molecule has 0 atom stereocenters. The van der Waals surface area contributed by atoms with Crippen molar-refractivity contribution in [2.75, 3.05) is 0 Å². The van der Waals surface area contributed by atoms with Crippen LogP contribution in [0.25, 0.3) is 0 Å². The zero-order chi connectivity index (χ0) is 12.3. The minimum Gasteiger partial charge on any atom is -0.485 e. The highest BCUT2D eigenvalue weighted by Crippen LogP contribution is 2.24. The van der Waals surface area contributed by atoms with Crippen molar-refractivity contribution in [2.24, 2.45) is 7.05 Å². The first-order chi connectivity index (χ1) is 8.20. The Bertz CT molecular complexity index is 541. The number of aryl methyl sites for hydroxylation is 1. The molecule has 0 aliphatic heterocycles. The number of nitrogens with zero attached hydrogens (tertiary/aromatic N) is 4. The van der Waals surface area contributed by atoms with Crippen molar-refractivity contribution in [2.45, 2.75) is 6.61 Å². The lowest BCUT2D eigenvalue weighted by molar-refractivity contribution is 0.111. The molecule has 0 fully saturated rings. The zero-order valence-electron chi connectivity index (χ0n) is 9.00. The molecular formula is C10H9ClN4O2. The van der Waals surface area contributed by atoms with Crippen LogP contribution < -0.4 is 4.74 Å². The molecule has 2 rings (SSSR count). The molecule has 0 saturated carbocycles. The lowest BCUT2D eigenvalue weighted by Crippen LogP contribution is -2.01. The number of hydrogen-bond acceptors (Lipinski definition) is 5. The van der Waals surface area contributed by atoms with Crippen LogP contribution >= 0.6 is 11.6 Å². The van der Waals surface area contributed by atoms with Crippen molar-refractivity contribution in [3.8, 4) is 5.75 Å². The molecule has 0 bridgehead atoms. The predicted octanol–water partition coefficient (Wildman–Crippen LogP) is 1.25. The zero-order valence-corrected chi connectivity index (χ0v) is 9.76. The van der Waals surface area contributed by atoms with Crippen LogP contribution in [-0.4, -0.2) is 26.5 Å². The van der Waals surface area contributed by atoms with Gasteiger partial charge < -0.3 is 4.74 Å². The Hall–Kier alpha value is -1.95. The molecule has 0 aliphatic rings. The van der Waals surface area contributed by atoms with Crippen LogP contribution in [-0.2, 0) is 13.7 Å². The maximum absolute atomic E-state index is 10.9. The van der Waals surface area contributed by atoms with Gasteiger partial charge in [0, 0.05) is 0 Å². The summed E-state index contributed by atoms with van der Waals surface area (Å²) in [5.74, 6) is 0.837. The molecule has 7 heteroatoms. The fourth-order valence-electron chi connectivity index (χ4n) is 1.28. The number of aldehydes is 1. The molecule has 0 amide bonds. The molecule has 17 heavy (non-hydrogen) atoms. The van der Waals surface area contributed by atoms with Crippen LogP contribution in [0.15, 0.2) is 18.2 Å². The highest BCUT2D eigenvalue weighted by molar-refractivity contribution is 6.33. The van der Waals surface area contributed by atoms with Gasteiger partial charge in [-0.15, -0.1) is 10.2 Å². The van der Waals surface area contributed by atoms with E-state index in [0.29, 0.717) is 28.4 Å². The highest BCUT2D eigenvalue weighted by atomic mass is 35.5. The van der Waals surface area contributed by atoms with Crippen molar-refractivity contribution in [3.63, 3.8) is 0 Å². The van der Waals surface area contributed by atoms with E-state index in [1.807, 2.05) is 0 Å². The van der Waals surface area contributed by atoms with Crippen molar-refractivity contribution < 1.29 is 9.53 Å². The summed E-state index contributed by atoms with van der Waals surface area (Å²) >= 11 is 5.86. The average molecular weight is 253 g/mol. The van der Waals surface area contributed by atoms with Crippen LogP contribution in [0.1, 0.15) is 16.2 Å². The first kappa shape index (κ1) is 11.5. The Morgan fingerprint density at radius 3 is 3.00 bits per heavy atom. The molecule has 0 N–H and O–H groups in total. The van der Waals surface area contributed by atoms with Gasteiger partial charge in [0.25, 0.3) is 0 Å². The number of carbonyl (C=O) groups excluding carboxylic acids is 1. The quantitative estimate of drug-likeness (QED) is 0.766. The van der Waals surface area contributed by atoms with Crippen molar-refractivity contribution in [1.29, 1.82) is 0 Å². The lowest BCUT2D eigenvalue weighted by atomic mass is 10.2. The number of rotatable bonds is 4. The Balaban J connectivity index is 2.14. The molecule has 1 aromatic carbocycles. The maximum atomic E-state index is 10.9. The topological polar surface area (TPSA) is 69.9 Å². The Morgan fingerprint density at radius 1 is 1.53 bits per heavy atom. The van der Waals surface area contributed by atoms with Crippen molar-refractivity contribution >= 4 is 17.9 Å². The average Bonchev–Trinajstić information content (AvgIpc) is 2.72. The lowest BCUT2D eigenvalue weighted by Gasteiger charge is -2.06. The van der Waals surface area contributed by atoms with Gasteiger partial charge in [0.05, 0.1) is 17.6 Å². The fraction of sp³-hybridized carbons (Fsp3) is 0.200. The second-order valence-electron chi connectivity index (χ2n) is 3.25. The molecule has 1 aromatic heterocycles. The third-order valence-corrected chi connectivity index (χ3v) is 2.37. The molecule has 0 aliphatic carbocycles. The second-order valence-corrected chi connectivity index (χ2v) is 3.66. The van der Waals surface area contributed by atoms with Gasteiger partial charge >= 0.3 is 0 Å². The van der Waals surface area contributed by atoms with E-state index in [1.54, 1.807) is 25.2 Å². The van der Waals surface area contributed by atoms with Gasteiger partial charge in [-0.05, 0) is 17.3 Å². The van der Waals surface area contributed by atoms with Crippen molar-refractivity contribution in [3.05, 3.63) is 34.6 Å². The number of ether oxygens (including phenoxy) is 1. The molecule has 0 radical (unpaired) electrons. The van der Waals surface area contributed by atoms with Gasteiger partial charge in [0.1, 0.15) is 5.75 Å². The third-order valence-electron chi connectivity index (χ3n) is 2.04. The SMILES string of the molecule is Cn1nnc(COc2cccc(Cl)c2C=O)n1. The van der Waals surface area contributed by atoms with Crippen molar-refractivity contribution in [1.82, 2.24) is 20.2 Å². The molecule has 6 nitrogen and oxygen atoms in total. The van der Waals surface area contributed by atoms with Gasteiger partial charge in [-0.3, -0.25) is 4.79 Å². The van der Waals surface area contributed by atoms with E-state index in [1.165, 1.54) is 4.80 Å². The summed E-state index contributed by atoms with van der Waals surface area (Å²) in [5.41, 5.74) is 0.318. The summed E-state index contributed by atoms with van der Waals surface area (Å²) in [6, 6.07) is 4.99. The summed E-state index contributed by atoms with van der Waals surface area (Å²) in [5, 5.41) is 11.7. The number of tetrazole rings is 1. The van der Waals surface area contributed by atoms with Gasteiger partial charge in [-0.25, -0.2) is 0 Å². The minimum atomic E-state index is 0.134. The van der Waals surface area contributed by atoms with Crippen LogP contribution in [0.3, 0.4) is 0 Å². The number of aromatic nitrogens is 4. The van der Waals surface area contributed by atoms with Gasteiger partial charge in [0.15, 0.2) is 12.9 Å².